The summed E-state index contributed by atoms with van der Waals surface area (Å²) in [5.41, 5.74) is 0. The Hall–Kier alpha value is -1.48. The molecule has 0 fully saturated rings. The lowest BCUT2D eigenvalue weighted by molar-refractivity contribution is -0.133. The van der Waals surface area contributed by atoms with E-state index < -0.39 is 32.7 Å². The van der Waals surface area contributed by atoms with Crippen LogP contribution in [0.1, 0.15) is 18.7 Å². The highest BCUT2D eigenvalue weighted by Gasteiger charge is 2.31. The van der Waals surface area contributed by atoms with Crippen molar-refractivity contribution in [3.63, 3.8) is 0 Å². The van der Waals surface area contributed by atoms with Gasteiger partial charge < -0.3 is 4.90 Å². The third-order valence-electron chi connectivity index (χ3n) is 3.74. The van der Waals surface area contributed by atoms with E-state index >= 15 is 0 Å². The van der Waals surface area contributed by atoms with E-state index in [1.165, 1.54) is 28.4 Å². The molecule has 1 N–H and O–H groups in total. The minimum atomic E-state index is -4.17. The van der Waals surface area contributed by atoms with Gasteiger partial charge in [-0.15, -0.1) is 11.3 Å². The molecule has 1 atom stereocenters. The second kappa shape index (κ2) is 8.47. The van der Waals surface area contributed by atoms with Gasteiger partial charge in [0.15, 0.2) is 0 Å². The number of hydrogen-bond acceptors (Lipinski definition) is 4. The van der Waals surface area contributed by atoms with Gasteiger partial charge in [0.25, 0.3) is 0 Å². The lowest BCUT2D eigenvalue weighted by Gasteiger charge is -2.26. The van der Waals surface area contributed by atoms with E-state index in [1.807, 2.05) is 6.07 Å². The van der Waals surface area contributed by atoms with Crippen molar-refractivity contribution in [2.75, 3.05) is 7.05 Å². The van der Waals surface area contributed by atoms with Crippen LogP contribution in [0.25, 0.3) is 0 Å². The monoisotopic (exact) mass is 418 g/mol. The van der Waals surface area contributed by atoms with Crippen LogP contribution < -0.4 is 4.72 Å². The fourth-order valence-corrected chi connectivity index (χ4v) is 4.91. The molecule has 0 saturated heterocycles. The molecule has 0 aliphatic heterocycles. The van der Waals surface area contributed by atoms with Gasteiger partial charge in [-0.3, -0.25) is 4.79 Å². The number of carbonyl (C=O) groups is 1. The Kier molecular flexibility index (Phi) is 6.79. The summed E-state index contributed by atoms with van der Waals surface area (Å²) in [6.45, 7) is 3.76. The van der Waals surface area contributed by atoms with E-state index in [9.17, 15) is 17.6 Å². The highest BCUT2D eigenvalue weighted by molar-refractivity contribution is 7.89. The lowest BCUT2D eigenvalue weighted by Crippen LogP contribution is -2.49. The second-order valence-electron chi connectivity index (χ2n) is 6.17. The summed E-state index contributed by atoms with van der Waals surface area (Å²) in [5, 5.41) is 0. The third kappa shape index (κ3) is 5.03. The second-order valence-corrected chi connectivity index (χ2v) is 9.66. The highest BCUT2D eigenvalue weighted by atomic mass is 35.5. The summed E-state index contributed by atoms with van der Waals surface area (Å²) in [6, 6.07) is 7.59. The van der Waals surface area contributed by atoms with E-state index in [0.717, 1.165) is 17.0 Å². The molecule has 26 heavy (non-hydrogen) atoms. The fourth-order valence-electron chi connectivity index (χ4n) is 2.35. The summed E-state index contributed by atoms with van der Waals surface area (Å²) in [5.74, 6) is -1.58. The van der Waals surface area contributed by atoms with Crippen LogP contribution in [0.3, 0.4) is 0 Å². The molecule has 1 heterocycles. The zero-order valence-electron chi connectivity index (χ0n) is 14.6. The molecule has 1 aromatic heterocycles. The average Bonchev–Trinajstić information content (AvgIpc) is 2.97. The number of hydrogen-bond donors (Lipinski definition) is 1. The average molecular weight is 419 g/mol. The van der Waals surface area contributed by atoms with Gasteiger partial charge >= 0.3 is 0 Å². The van der Waals surface area contributed by atoms with Crippen molar-refractivity contribution in [2.45, 2.75) is 31.3 Å². The summed E-state index contributed by atoms with van der Waals surface area (Å²) >= 11 is 7.24. The predicted octanol–water partition coefficient (Wildman–Crippen LogP) is 3.50. The molecule has 0 saturated carbocycles. The number of likely N-dealkylation sites (N-methyl/N-ethyl adjacent to an activating group) is 1. The largest absolute Gasteiger partial charge is 0.339 e. The first-order chi connectivity index (χ1) is 12.1. The Labute approximate surface area is 161 Å². The van der Waals surface area contributed by atoms with Crippen LogP contribution in [-0.2, 0) is 21.4 Å². The van der Waals surface area contributed by atoms with Gasteiger partial charge in [-0.05, 0) is 30.2 Å². The number of nitrogens with one attached hydrogen (secondary N) is 1. The van der Waals surface area contributed by atoms with Crippen molar-refractivity contribution >= 4 is 38.9 Å². The molecule has 0 aliphatic rings. The number of sulfonamides is 1. The first-order valence-corrected chi connectivity index (χ1v) is 10.6. The van der Waals surface area contributed by atoms with Gasteiger partial charge in [-0.2, -0.15) is 4.72 Å². The summed E-state index contributed by atoms with van der Waals surface area (Å²) < 4.78 is 41.9. The molecule has 0 radical (unpaired) electrons. The van der Waals surface area contributed by atoms with E-state index in [1.54, 1.807) is 27.0 Å². The first-order valence-electron chi connectivity index (χ1n) is 7.88. The molecule has 1 unspecified atom stereocenters. The van der Waals surface area contributed by atoms with Crippen molar-refractivity contribution in [2.24, 2.45) is 5.92 Å². The maximum atomic E-state index is 13.9. The van der Waals surface area contributed by atoms with Gasteiger partial charge in [-0.1, -0.05) is 37.6 Å². The molecule has 5 nitrogen and oxygen atoms in total. The van der Waals surface area contributed by atoms with Crippen molar-refractivity contribution in [1.82, 2.24) is 9.62 Å². The number of halogens is 2. The van der Waals surface area contributed by atoms with Crippen LogP contribution in [0.4, 0.5) is 4.39 Å². The van der Waals surface area contributed by atoms with E-state index in [4.69, 9.17) is 11.6 Å². The zero-order valence-corrected chi connectivity index (χ0v) is 17.0. The molecule has 142 valence electrons. The van der Waals surface area contributed by atoms with Gasteiger partial charge in [0.05, 0.1) is 10.9 Å². The van der Waals surface area contributed by atoms with Crippen LogP contribution in [-0.4, -0.2) is 32.3 Å². The molecule has 1 aromatic carbocycles. The fraction of sp³-hybridized carbons (Fsp3) is 0.353. The maximum Gasteiger partial charge on any atom is 0.244 e. The number of nitrogens with zero attached hydrogens (tertiary/aromatic N) is 1. The maximum absolute atomic E-state index is 13.9. The predicted molar refractivity (Wildman–Crippen MR) is 101 cm³/mol. The van der Waals surface area contributed by atoms with Gasteiger partial charge in [0.2, 0.25) is 15.9 Å². The molecule has 2 rings (SSSR count). The van der Waals surface area contributed by atoms with Crippen molar-refractivity contribution in [1.29, 1.82) is 0 Å². The van der Waals surface area contributed by atoms with Crippen LogP contribution in [0.5, 0.6) is 0 Å². The van der Waals surface area contributed by atoms with E-state index in [0.29, 0.717) is 10.9 Å². The molecule has 0 bridgehead atoms. The molecular formula is C17H20ClFN2O3S2. The Bertz CT molecular complexity index is 884. The minimum absolute atomic E-state index is 0.306. The van der Waals surface area contributed by atoms with E-state index in [-0.39, 0.29) is 5.92 Å². The number of amides is 1. The molecule has 0 aliphatic carbocycles. The quantitative estimate of drug-likeness (QED) is 0.748. The number of carbonyl (C=O) groups excluding carboxylic acids is 1. The molecule has 2 aromatic rings. The Morgan fingerprint density at radius 3 is 2.46 bits per heavy atom. The molecule has 1 amide bonds. The summed E-state index contributed by atoms with van der Waals surface area (Å²) in [7, 11) is -2.59. The SMILES string of the molecule is CC(C)C(NS(=O)(=O)c1ccccc1F)C(=O)N(C)Cc1ccc(Cl)s1. The van der Waals surface area contributed by atoms with Crippen LogP contribution in [0.15, 0.2) is 41.3 Å². The minimum Gasteiger partial charge on any atom is -0.339 e. The van der Waals surface area contributed by atoms with Crippen LogP contribution in [0.2, 0.25) is 4.34 Å². The van der Waals surface area contributed by atoms with E-state index in [2.05, 4.69) is 4.72 Å². The first kappa shape index (κ1) is 20.8. The Morgan fingerprint density at radius 2 is 1.92 bits per heavy atom. The smallest absolute Gasteiger partial charge is 0.244 e. The van der Waals surface area contributed by atoms with Crippen LogP contribution >= 0.6 is 22.9 Å². The van der Waals surface area contributed by atoms with Crippen LogP contribution in [0, 0.1) is 11.7 Å². The molecule has 0 spiro atoms. The Morgan fingerprint density at radius 1 is 1.27 bits per heavy atom. The summed E-state index contributed by atoms with van der Waals surface area (Å²) in [4.78, 5) is 14.6. The van der Waals surface area contributed by atoms with Gasteiger partial charge in [0.1, 0.15) is 16.8 Å². The number of benzene rings is 1. The van der Waals surface area contributed by atoms with Gasteiger partial charge in [-0.25, -0.2) is 12.8 Å². The Balaban J connectivity index is 2.20. The summed E-state index contributed by atoms with van der Waals surface area (Å²) in [6.07, 6.45) is 0. The topological polar surface area (TPSA) is 66.5 Å². The highest BCUT2D eigenvalue weighted by Crippen LogP contribution is 2.23. The van der Waals surface area contributed by atoms with Crippen molar-refractivity contribution < 1.29 is 17.6 Å². The molecular weight excluding hydrogens is 399 g/mol. The van der Waals surface area contributed by atoms with Gasteiger partial charge in [0, 0.05) is 11.9 Å². The normalized spacial score (nSPS) is 13.0. The van der Waals surface area contributed by atoms with Crippen molar-refractivity contribution in [3.8, 4) is 0 Å². The van der Waals surface area contributed by atoms with Crippen molar-refractivity contribution in [3.05, 3.63) is 51.4 Å². The zero-order chi connectivity index (χ0) is 19.5. The number of thiophene rings is 1. The molecule has 9 heteroatoms. The lowest BCUT2D eigenvalue weighted by atomic mass is 10.0. The number of rotatable bonds is 7. The third-order valence-corrected chi connectivity index (χ3v) is 6.43. The standard InChI is InChI=1S/C17H20ClFN2O3S2/c1-11(2)16(17(22)21(3)10-12-8-9-15(18)25-12)20-26(23,24)14-7-5-4-6-13(14)19/h4-9,11,16,20H,10H2,1-3H3.